The molecule has 0 aliphatic carbocycles. The molecular weight excluding hydrogens is 506 g/mol. The van der Waals surface area contributed by atoms with Gasteiger partial charge in [0.05, 0.1) is 31.3 Å². The van der Waals surface area contributed by atoms with Gasteiger partial charge in [-0.3, -0.25) is 13.8 Å². The third-order valence-corrected chi connectivity index (χ3v) is 6.49. The molecule has 1 saturated heterocycles. The van der Waals surface area contributed by atoms with Gasteiger partial charge in [0.1, 0.15) is 12.4 Å². The molecule has 0 saturated carbocycles. The van der Waals surface area contributed by atoms with Crippen LogP contribution in [0.3, 0.4) is 0 Å². The minimum Gasteiger partial charge on any atom is -0.492 e. The molecule has 1 aliphatic heterocycles. The van der Waals surface area contributed by atoms with Crippen LogP contribution in [0.1, 0.15) is 26.7 Å². The fourth-order valence-electron chi connectivity index (χ4n) is 4.14. The molecule has 0 amide bonds. The lowest BCUT2D eigenvalue weighted by Crippen LogP contribution is -2.25. The maximum atomic E-state index is 11.1. The summed E-state index contributed by atoms with van der Waals surface area (Å²) in [4.78, 5) is 7.01. The standard InChI is InChI=1S/C24H29N7O4S.C2H6/c1-36(32,33)35-16-14-30-18-19(17-25-30)22-5-4-6-23-27-24(28-31(22)23)26-20-7-9-21(10-8-20)34-15-13-29-11-2-3-12-29;1-2/h4-10,17-18H,2-3,11-16H2,1H3,(H,26,28);1-2H3. The largest absolute Gasteiger partial charge is 0.492 e. The Labute approximate surface area is 223 Å². The quantitative estimate of drug-likeness (QED) is 0.283. The monoisotopic (exact) mass is 541 g/mol. The van der Waals surface area contributed by atoms with Gasteiger partial charge in [-0.2, -0.15) is 18.5 Å². The number of hydrogen-bond acceptors (Lipinski definition) is 9. The second-order valence-electron chi connectivity index (χ2n) is 8.68. The van der Waals surface area contributed by atoms with Crippen molar-refractivity contribution in [2.24, 2.45) is 0 Å². The van der Waals surface area contributed by atoms with E-state index in [1.807, 2.05) is 62.5 Å². The van der Waals surface area contributed by atoms with E-state index in [4.69, 9.17) is 8.92 Å². The van der Waals surface area contributed by atoms with Crippen molar-refractivity contribution in [1.82, 2.24) is 29.3 Å². The number of pyridine rings is 1. The van der Waals surface area contributed by atoms with Crippen molar-refractivity contribution in [2.45, 2.75) is 33.2 Å². The van der Waals surface area contributed by atoms with Crippen molar-refractivity contribution >= 4 is 27.4 Å². The van der Waals surface area contributed by atoms with Crippen LogP contribution < -0.4 is 10.1 Å². The molecule has 4 aromatic rings. The predicted molar refractivity (Wildman–Crippen MR) is 147 cm³/mol. The maximum Gasteiger partial charge on any atom is 0.264 e. The fourth-order valence-corrected chi connectivity index (χ4v) is 4.52. The number of ether oxygens (including phenoxy) is 1. The first-order valence-electron chi connectivity index (χ1n) is 12.9. The lowest BCUT2D eigenvalue weighted by molar-refractivity contribution is 0.238. The molecule has 38 heavy (non-hydrogen) atoms. The number of benzene rings is 1. The summed E-state index contributed by atoms with van der Waals surface area (Å²) in [5, 5.41) is 12.2. The van der Waals surface area contributed by atoms with Crippen molar-refractivity contribution < 1.29 is 17.3 Å². The van der Waals surface area contributed by atoms with E-state index in [0.717, 1.165) is 35.5 Å². The van der Waals surface area contributed by atoms with Crippen LogP contribution in [0.15, 0.2) is 54.9 Å². The Morgan fingerprint density at radius 3 is 2.50 bits per heavy atom. The van der Waals surface area contributed by atoms with Crippen molar-refractivity contribution in [1.29, 1.82) is 0 Å². The number of rotatable bonds is 11. The first kappa shape index (κ1) is 27.6. The average Bonchev–Trinajstić information content (AvgIpc) is 3.66. The van der Waals surface area contributed by atoms with Crippen LogP contribution in [0.25, 0.3) is 16.9 Å². The van der Waals surface area contributed by atoms with Gasteiger partial charge in [-0.25, -0.2) is 4.52 Å². The number of aromatic nitrogens is 5. The van der Waals surface area contributed by atoms with Gasteiger partial charge in [0, 0.05) is 24.0 Å². The molecular formula is C26H35N7O4S. The minimum atomic E-state index is -3.48. The smallest absolute Gasteiger partial charge is 0.264 e. The fraction of sp³-hybridized carbons (Fsp3) is 0.423. The molecule has 1 aliphatic rings. The molecule has 12 heteroatoms. The third kappa shape index (κ3) is 7.53. The molecule has 0 atom stereocenters. The van der Waals surface area contributed by atoms with E-state index in [2.05, 4.69) is 25.4 Å². The predicted octanol–water partition coefficient (Wildman–Crippen LogP) is 3.81. The number of fused-ring (bicyclic) bond motifs is 1. The molecule has 3 aromatic heterocycles. The first-order valence-corrected chi connectivity index (χ1v) is 14.7. The average molecular weight is 542 g/mol. The first-order chi connectivity index (χ1) is 18.4. The summed E-state index contributed by atoms with van der Waals surface area (Å²) in [6, 6.07) is 13.5. The van der Waals surface area contributed by atoms with Gasteiger partial charge in [-0.1, -0.05) is 19.9 Å². The van der Waals surface area contributed by atoms with Crippen LogP contribution in [0.5, 0.6) is 5.75 Å². The summed E-state index contributed by atoms with van der Waals surface area (Å²) < 4.78 is 36.3. The zero-order valence-corrected chi connectivity index (χ0v) is 22.9. The van der Waals surface area contributed by atoms with E-state index in [1.54, 1.807) is 15.4 Å². The molecule has 0 unspecified atom stereocenters. The van der Waals surface area contributed by atoms with E-state index >= 15 is 0 Å². The molecule has 1 fully saturated rings. The van der Waals surface area contributed by atoms with Gasteiger partial charge >= 0.3 is 0 Å². The van der Waals surface area contributed by atoms with Gasteiger partial charge in [0.25, 0.3) is 10.1 Å². The Kier molecular flexibility index (Phi) is 9.32. The van der Waals surface area contributed by atoms with E-state index in [-0.39, 0.29) is 6.61 Å². The van der Waals surface area contributed by atoms with Crippen LogP contribution >= 0.6 is 0 Å². The molecule has 0 bridgehead atoms. The van der Waals surface area contributed by atoms with Crippen molar-refractivity contribution in [3.05, 3.63) is 54.9 Å². The highest BCUT2D eigenvalue weighted by Gasteiger charge is 2.12. The molecule has 0 radical (unpaired) electrons. The summed E-state index contributed by atoms with van der Waals surface area (Å²) in [6.45, 7) is 8.31. The second-order valence-corrected chi connectivity index (χ2v) is 10.3. The molecule has 4 heterocycles. The lowest BCUT2D eigenvalue weighted by atomic mass is 10.2. The lowest BCUT2D eigenvalue weighted by Gasteiger charge is -2.15. The Morgan fingerprint density at radius 1 is 1.00 bits per heavy atom. The van der Waals surface area contributed by atoms with Crippen LogP contribution in [0.4, 0.5) is 11.6 Å². The van der Waals surface area contributed by atoms with Crippen LogP contribution in [-0.2, 0) is 20.8 Å². The number of likely N-dealkylation sites (tertiary alicyclic amines) is 1. The normalized spacial score (nSPS) is 13.9. The van der Waals surface area contributed by atoms with Gasteiger partial charge in [-0.15, -0.1) is 5.10 Å². The SMILES string of the molecule is CC.CS(=O)(=O)OCCn1cc(-c2cccc3nc(Nc4ccc(OCCN5CCCC5)cc4)nn23)cn1. The third-order valence-electron chi connectivity index (χ3n) is 5.89. The Hall–Kier alpha value is -3.48. The van der Waals surface area contributed by atoms with Crippen LogP contribution in [-0.4, -0.2) is 76.8 Å². The summed E-state index contributed by atoms with van der Waals surface area (Å²) in [7, 11) is -3.48. The summed E-state index contributed by atoms with van der Waals surface area (Å²) in [6.07, 6.45) is 7.11. The van der Waals surface area contributed by atoms with Crippen molar-refractivity contribution in [3.63, 3.8) is 0 Å². The zero-order valence-electron chi connectivity index (χ0n) is 22.1. The second kappa shape index (κ2) is 12.9. The molecule has 11 nitrogen and oxygen atoms in total. The number of anilines is 2. The van der Waals surface area contributed by atoms with Gasteiger partial charge in [-0.05, 0) is 62.3 Å². The highest BCUT2D eigenvalue weighted by molar-refractivity contribution is 7.85. The van der Waals surface area contributed by atoms with Gasteiger partial charge in [0.2, 0.25) is 5.95 Å². The minimum absolute atomic E-state index is 0.0177. The molecule has 1 N–H and O–H groups in total. The highest BCUT2D eigenvalue weighted by atomic mass is 32.2. The van der Waals surface area contributed by atoms with E-state index in [1.165, 1.54) is 25.9 Å². The Bertz CT molecular complexity index is 1410. The topological polar surface area (TPSA) is 116 Å². The Morgan fingerprint density at radius 2 is 1.76 bits per heavy atom. The van der Waals surface area contributed by atoms with Crippen LogP contribution in [0, 0.1) is 0 Å². The van der Waals surface area contributed by atoms with Crippen molar-refractivity contribution in [2.75, 3.05) is 44.4 Å². The molecule has 1 aromatic carbocycles. The summed E-state index contributed by atoms with van der Waals surface area (Å²) >= 11 is 0. The Balaban J connectivity index is 0.00000164. The number of hydrogen-bond donors (Lipinski definition) is 1. The zero-order chi connectivity index (χ0) is 27.0. The van der Waals surface area contributed by atoms with E-state index < -0.39 is 10.1 Å². The van der Waals surface area contributed by atoms with E-state index in [9.17, 15) is 8.42 Å². The summed E-state index contributed by atoms with van der Waals surface area (Å²) in [5.74, 6) is 1.31. The highest BCUT2D eigenvalue weighted by Crippen LogP contribution is 2.23. The number of nitrogens with zero attached hydrogens (tertiary/aromatic N) is 6. The summed E-state index contributed by atoms with van der Waals surface area (Å²) in [5.41, 5.74) is 3.18. The van der Waals surface area contributed by atoms with Gasteiger partial charge in [0.15, 0.2) is 5.65 Å². The van der Waals surface area contributed by atoms with Crippen molar-refractivity contribution in [3.8, 4) is 17.0 Å². The molecule has 5 rings (SSSR count). The number of nitrogens with one attached hydrogen (secondary N) is 1. The molecule has 0 spiro atoms. The molecule has 204 valence electrons. The van der Waals surface area contributed by atoms with Crippen LogP contribution in [0.2, 0.25) is 0 Å². The van der Waals surface area contributed by atoms with Gasteiger partial charge < -0.3 is 10.1 Å². The van der Waals surface area contributed by atoms with E-state index in [0.29, 0.717) is 24.7 Å². The maximum absolute atomic E-state index is 11.1.